The van der Waals surface area contributed by atoms with Gasteiger partial charge in [0.2, 0.25) is 0 Å². The summed E-state index contributed by atoms with van der Waals surface area (Å²) < 4.78 is 0. The normalized spacial score (nSPS) is 11.0. The van der Waals surface area contributed by atoms with Gasteiger partial charge in [0.15, 0.2) is 11.5 Å². The first-order valence-corrected chi connectivity index (χ1v) is 5.70. The molecule has 0 bridgehead atoms. The van der Waals surface area contributed by atoms with E-state index in [0.717, 1.165) is 0 Å². The third kappa shape index (κ3) is 2.91. The Bertz CT molecular complexity index is 615. The molecule has 0 heterocycles. The standard InChI is InChI=1S/C12H8Cl2N2O2/c13-7-1-3-10(9(14)5-7)16-15-8-2-4-11(17)12(18)6-8/h1-6,17-18H. The first kappa shape index (κ1) is 12.7. The molecule has 0 radical (unpaired) electrons. The van der Waals surface area contributed by atoms with Crippen LogP contribution in [0.2, 0.25) is 10.0 Å². The second-order valence-electron chi connectivity index (χ2n) is 3.47. The molecule has 2 N–H and O–H groups in total. The lowest BCUT2D eigenvalue weighted by Crippen LogP contribution is -1.70. The van der Waals surface area contributed by atoms with Crippen molar-refractivity contribution < 1.29 is 10.2 Å². The van der Waals surface area contributed by atoms with E-state index in [2.05, 4.69) is 10.2 Å². The number of aromatic hydroxyl groups is 2. The minimum atomic E-state index is -0.256. The lowest BCUT2D eigenvalue weighted by atomic mass is 10.3. The molecule has 0 aliphatic heterocycles. The van der Waals surface area contributed by atoms with Crippen LogP contribution in [-0.4, -0.2) is 10.2 Å². The van der Waals surface area contributed by atoms with Crippen LogP contribution in [0.3, 0.4) is 0 Å². The summed E-state index contributed by atoms with van der Waals surface area (Å²) in [6.07, 6.45) is 0. The van der Waals surface area contributed by atoms with Gasteiger partial charge < -0.3 is 10.2 Å². The van der Waals surface area contributed by atoms with Gasteiger partial charge in [-0.25, -0.2) is 0 Å². The molecular weight excluding hydrogens is 275 g/mol. The average Bonchev–Trinajstić information content (AvgIpc) is 2.32. The first-order valence-electron chi connectivity index (χ1n) is 4.95. The molecule has 0 aromatic heterocycles. The summed E-state index contributed by atoms with van der Waals surface area (Å²) in [7, 11) is 0. The lowest BCUT2D eigenvalue weighted by molar-refractivity contribution is 0.404. The van der Waals surface area contributed by atoms with Gasteiger partial charge >= 0.3 is 0 Å². The molecule has 92 valence electrons. The fraction of sp³-hybridized carbons (Fsp3) is 0. The summed E-state index contributed by atoms with van der Waals surface area (Å²) in [4.78, 5) is 0. The van der Waals surface area contributed by atoms with Crippen molar-refractivity contribution in [2.75, 3.05) is 0 Å². The van der Waals surface area contributed by atoms with E-state index in [1.165, 1.54) is 18.2 Å². The van der Waals surface area contributed by atoms with Crippen LogP contribution in [0.15, 0.2) is 46.6 Å². The smallest absolute Gasteiger partial charge is 0.159 e. The molecule has 0 spiro atoms. The Balaban J connectivity index is 2.27. The van der Waals surface area contributed by atoms with Crippen molar-refractivity contribution in [2.24, 2.45) is 10.2 Å². The second kappa shape index (κ2) is 5.25. The number of nitrogens with zero attached hydrogens (tertiary/aromatic N) is 2. The molecule has 6 heteroatoms. The highest BCUT2D eigenvalue weighted by molar-refractivity contribution is 6.36. The van der Waals surface area contributed by atoms with Crippen LogP contribution in [0.25, 0.3) is 0 Å². The minimum absolute atomic E-state index is 0.210. The van der Waals surface area contributed by atoms with E-state index < -0.39 is 0 Å². The van der Waals surface area contributed by atoms with Gasteiger partial charge in [-0.3, -0.25) is 0 Å². The Morgan fingerprint density at radius 3 is 2.28 bits per heavy atom. The number of halogens is 2. The van der Waals surface area contributed by atoms with Gasteiger partial charge in [-0.05, 0) is 30.3 Å². The monoisotopic (exact) mass is 282 g/mol. The number of rotatable bonds is 2. The van der Waals surface area contributed by atoms with E-state index in [0.29, 0.717) is 21.4 Å². The zero-order chi connectivity index (χ0) is 13.1. The molecular formula is C12H8Cl2N2O2. The topological polar surface area (TPSA) is 65.2 Å². The number of benzene rings is 2. The summed E-state index contributed by atoms with van der Waals surface area (Å²) in [5, 5.41) is 27.2. The molecule has 0 aliphatic rings. The van der Waals surface area contributed by atoms with Gasteiger partial charge in [-0.2, -0.15) is 5.11 Å². The summed E-state index contributed by atoms with van der Waals surface area (Å²) in [5.41, 5.74) is 0.866. The molecule has 0 aliphatic carbocycles. The van der Waals surface area contributed by atoms with Crippen LogP contribution in [0.1, 0.15) is 0 Å². The largest absolute Gasteiger partial charge is 0.504 e. The van der Waals surface area contributed by atoms with Crippen molar-refractivity contribution >= 4 is 34.6 Å². The van der Waals surface area contributed by atoms with E-state index in [1.54, 1.807) is 18.2 Å². The molecule has 0 fully saturated rings. The number of phenolic OH excluding ortho intramolecular Hbond substituents is 2. The van der Waals surface area contributed by atoms with Crippen LogP contribution in [0.5, 0.6) is 11.5 Å². The summed E-state index contributed by atoms with van der Waals surface area (Å²) in [6.45, 7) is 0. The molecule has 0 atom stereocenters. The third-order valence-corrected chi connectivity index (χ3v) is 2.68. The van der Waals surface area contributed by atoms with Crippen LogP contribution in [0.4, 0.5) is 11.4 Å². The van der Waals surface area contributed by atoms with Crippen molar-refractivity contribution in [1.29, 1.82) is 0 Å². The first-order chi connectivity index (χ1) is 8.56. The average molecular weight is 283 g/mol. The minimum Gasteiger partial charge on any atom is -0.504 e. The molecule has 0 unspecified atom stereocenters. The summed E-state index contributed by atoms with van der Waals surface area (Å²) in [5.74, 6) is -0.466. The highest BCUT2D eigenvalue weighted by Gasteiger charge is 2.01. The van der Waals surface area contributed by atoms with Crippen molar-refractivity contribution in [2.45, 2.75) is 0 Å². The van der Waals surface area contributed by atoms with Crippen molar-refractivity contribution in [3.8, 4) is 11.5 Å². The SMILES string of the molecule is Oc1ccc(N=Nc2ccc(Cl)cc2Cl)cc1O. The van der Waals surface area contributed by atoms with Crippen molar-refractivity contribution in [3.05, 3.63) is 46.4 Å². The van der Waals surface area contributed by atoms with Crippen molar-refractivity contribution in [3.63, 3.8) is 0 Å². The molecule has 4 nitrogen and oxygen atoms in total. The van der Waals surface area contributed by atoms with Gasteiger partial charge in [-0.1, -0.05) is 23.2 Å². The summed E-state index contributed by atoms with van der Waals surface area (Å²) >= 11 is 11.7. The van der Waals surface area contributed by atoms with Crippen molar-refractivity contribution in [1.82, 2.24) is 0 Å². The lowest BCUT2D eigenvalue weighted by Gasteiger charge is -1.99. The number of phenols is 2. The van der Waals surface area contributed by atoms with Crippen LogP contribution in [-0.2, 0) is 0 Å². The highest BCUT2D eigenvalue weighted by atomic mass is 35.5. The highest BCUT2D eigenvalue weighted by Crippen LogP contribution is 2.32. The predicted molar refractivity (Wildman–Crippen MR) is 70.4 cm³/mol. The zero-order valence-corrected chi connectivity index (χ0v) is 10.5. The maximum absolute atomic E-state index is 9.29. The van der Waals surface area contributed by atoms with Crippen LogP contribution < -0.4 is 0 Å². The zero-order valence-electron chi connectivity index (χ0n) is 9.01. The van der Waals surface area contributed by atoms with E-state index in [9.17, 15) is 5.11 Å². The van der Waals surface area contributed by atoms with Gasteiger partial charge in [0, 0.05) is 11.1 Å². The fourth-order valence-corrected chi connectivity index (χ4v) is 1.69. The molecule has 2 aromatic rings. The van der Waals surface area contributed by atoms with Gasteiger partial charge in [0.25, 0.3) is 0 Å². The maximum Gasteiger partial charge on any atom is 0.159 e. The molecule has 2 aromatic carbocycles. The molecule has 0 amide bonds. The van der Waals surface area contributed by atoms with E-state index >= 15 is 0 Å². The Morgan fingerprint density at radius 1 is 0.833 bits per heavy atom. The number of hydrogen-bond donors (Lipinski definition) is 2. The molecule has 18 heavy (non-hydrogen) atoms. The van der Waals surface area contributed by atoms with E-state index in [-0.39, 0.29) is 11.5 Å². The maximum atomic E-state index is 9.29. The molecule has 0 saturated carbocycles. The van der Waals surface area contributed by atoms with Crippen LogP contribution in [0, 0.1) is 0 Å². The number of hydrogen-bond acceptors (Lipinski definition) is 4. The Kier molecular flexibility index (Phi) is 3.69. The Hall–Kier alpha value is -1.78. The quantitative estimate of drug-likeness (QED) is 0.613. The van der Waals surface area contributed by atoms with Gasteiger partial charge in [-0.15, -0.1) is 5.11 Å². The van der Waals surface area contributed by atoms with Crippen LogP contribution >= 0.6 is 23.2 Å². The second-order valence-corrected chi connectivity index (χ2v) is 4.31. The van der Waals surface area contributed by atoms with Gasteiger partial charge in [0.1, 0.15) is 5.69 Å². The molecule has 0 saturated heterocycles. The fourth-order valence-electron chi connectivity index (χ4n) is 1.25. The predicted octanol–water partition coefficient (Wildman–Crippen LogP) is 4.82. The Morgan fingerprint density at radius 2 is 1.61 bits per heavy atom. The van der Waals surface area contributed by atoms with Gasteiger partial charge in [0.05, 0.1) is 10.7 Å². The van der Waals surface area contributed by atoms with E-state index in [1.807, 2.05) is 0 Å². The molecule has 2 rings (SSSR count). The summed E-state index contributed by atoms with van der Waals surface area (Å²) in [6, 6.07) is 8.98. The van der Waals surface area contributed by atoms with E-state index in [4.69, 9.17) is 28.3 Å². The third-order valence-electron chi connectivity index (χ3n) is 2.14. The Labute approximate surface area is 113 Å². The number of azo groups is 1.